The summed E-state index contributed by atoms with van der Waals surface area (Å²) in [7, 11) is 0. The van der Waals surface area contributed by atoms with Crippen LogP contribution in [0.15, 0.2) is 42.4 Å². The number of hydrogen-bond acceptors (Lipinski definition) is 8. The van der Waals surface area contributed by atoms with E-state index in [1.54, 1.807) is 25.3 Å². The van der Waals surface area contributed by atoms with Crippen LogP contribution in [0, 0.1) is 22.6 Å². The topological polar surface area (TPSA) is 110 Å². The van der Waals surface area contributed by atoms with E-state index >= 15 is 0 Å². The van der Waals surface area contributed by atoms with Crippen LogP contribution in [0.4, 0.5) is 37.6 Å². The van der Waals surface area contributed by atoms with Crippen LogP contribution in [0.25, 0.3) is 6.08 Å². The molecule has 0 amide bonds. The fourth-order valence-electron chi connectivity index (χ4n) is 4.31. The molecule has 2 unspecified atom stereocenters. The minimum atomic E-state index is -0.874. The third-order valence-electron chi connectivity index (χ3n) is 6.89. The fraction of sp³-hybridized carbons (Fsp3) is 0.357. The van der Waals surface area contributed by atoms with Crippen molar-refractivity contribution in [3.63, 3.8) is 0 Å². The van der Waals surface area contributed by atoms with E-state index in [2.05, 4.69) is 25.6 Å². The first kappa shape index (κ1) is 28.2. The molecule has 1 fully saturated rings. The van der Waals surface area contributed by atoms with Gasteiger partial charge in [0.1, 0.15) is 29.6 Å². The second-order valence-electron chi connectivity index (χ2n) is 9.95. The zero-order valence-corrected chi connectivity index (χ0v) is 22.7. The number of rotatable bonds is 8. The van der Waals surface area contributed by atoms with Crippen molar-refractivity contribution in [2.24, 2.45) is 5.41 Å². The molecule has 1 saturated heterocycles. The van der Waals surface area contributed by atoms with Crippen LogP contribution in [0.5, 0.6) is 0 Å². The Bertz CT molecular complexity index is 1400. The van der Waals surface area contributed by atoms with E-state index in [4.69, 9.17) is 16.9 Å². The summed E-state index contributed by atoms with van der Waals surface area (Å²) >= 11 is 6.29. The molecule has 0 aliphatic carbocycles. The van der Waals surface area contributed by atoms with Crippen LogP contribution in [0.2, 0.25) is 5.02 Å². The van der Waals surface area contributed by atoms with Gasteiger partial charge in [-0.25, -0.2) is 19.3 Å². The standard InChI is InChI=1S/C28H30ClF2N7O/c1-4-17(2)7-19-13-33-24(10-22(19)36-27-20(29)8-18(12-32)9-21(27)31)37-25-11-26(35-16-34-25)38-6-5-23(39)28(3,14-30)15-38/h7-11,13,16,23,39H,4-6,14-15H2,1-3H3,(H2,33,34,35,36,37). The van der Waals surface area contributed by atoms with Gasteiger partial charge < -0.3 is 20.6 Å². The molecule has 0 saturated carbocycles. The van der Waals surface area contributed by atoms with Crippen molar-refractivity contribution in [3.05, 3.63) is 64.3 Å². The lowest BCUT2D eigenvalue weighted by Gasteiger charge is -2.42. The van der Waals surface area contributed by atoms with Crippen LogP contribution in [-0.4, -0.2) is 45.9 Å². The van der Waals surface area contributed by atoms with E-state index < -0.39 is 24.0 Å². The van der Waals surface area contributed by atoms with Gasteiger partial charge in [0.15, 0.2) is 0 Å². The van der Waals surface area contributed by atoms with Crippen molar-refractivity contribution in [3.8, 4) is 6.07 Å². The normalized spacial score (nSPS) is 19.5. The molecule has 39 heavy (non-hydrogen) atoms. The number of nitrogens with zero attached hydrogens (tertiary/aromatic N) is 5. The molecule has 11 heteroatoms. The lowest BCUT2D eigenvalue weighted by molar-refractivity contribution is 0.00457. The molecule has 1 aromatic carbocycles. The largest absolute Gasteiger partial charge is 0.392 e. The number of halogens is 3. The Morgan fingerprint density at radius 2 is 2.03 bits per heavy atom. The Hall–Kier alpha value is -3.81. The number of aromatic nitrogens is 3. The summed E-state index contributed by atoms with van der Waals surface area (Å²) in [6, 6.07) is 7.86. The molecule has 2 atom stereocenters. The number of nitriles is 1. The van der Waals surface area contributed by atoms with Crippen molar-refractivity contribution in [2.75, 3.05) is 35.3 Å². The van der Waals surface area contributed by atoms with Crippen LogP contribution in [-0.2, 0) is 0 Å². The number of aliphatic hydroxyl groups is 1. The van der Waals surface area contributed by atoms with E-state index in [1.165, 1.54) is 12.4 Å². The van der Waals surface area contributed by atoms with Crippen LogP contribution >= 0.6 is 11.6 Å². The maximum absolute atomic E-state index is 14.8. The second kappa shape index (κ2) is 11.9. The molecule has 4 rings (SSSR count). The molecule has 8 nitrogen and oxygen atoms in total. The molecular formula is C28H30ClF2N7O. The average Bonchev–Trinajstić information content (AvgIpc) is 2.93. The van der Waals surface area contributed by atoms with Gasteiger partial charge in [-0.05, 0) is 31.9 Å². The quantitative estimate of drug-likeness (QED) is 0.294. The molecule has 1 aliphatic rings. The summed E-state index contributed by atoms with van der Waals surface area (Å²) in [4.78, 5) is 15.1. The number of allylic oxidation sites excluding steroid dienone is 1. The van der Waals surface area contributed by atoms with Crippen LogP contribution in [0.1, 0.15) is 44.7 Å². The average molecular weight is 554 g/mol. The highest BCUT2D eigenvalue weighted by Crippen LogP contribution is 2.35. The minimum absolute atomic E-state index is 0.0455. The van der Waals surface area contributed by atoms with E-state index in [-0.39, 0.29) is 16.3 Å². The van der Waals surface area contributed by atoms with Gasteiger partial charge in [-0.1, -0.05) is 37.1 Å². The van der Waals surface area contributed by atoms with Crippen molar-refractivity contribution in [1.82, 2.24) is 15.0 Å². The zero-order chi connectivity index (χ0) is 28.2. The number of piperidine rings is 1. The van der Waals surface area contributed by atoms with Gasteiger partial charge in [0.05, 0.1) is 40.8 Å². The number of nitrogens with one attached hydrogen (secondary N) is 2. The van der Waals surface area contributed by atoms with Crippen molar-refractivity contribution in [1.29, 1.82) is 5.26 Å². The summed E-state index contributed by atoms with van der Waals surface area (Å²) in [5, 5.41) is 25.6. The first-order valence-electron chi connectivity index (χ1n) is 12.6. The lowest BCUT2D eigenvalue weighted by atomic mass is 9.80. The van der Waals surface area contributed by atoms with Gasteiger partial charge in [0.2, 0.25) is 0 Å². The molecule has 0 bridgehead atoms. The Morgan fingerprint density at radius 3 is 2.72 bits per heavy atom. The van der Waals surface area contributed by atoms with Gasteiger partial charge >= 0.3 is 0 Å². The molecule has 3 N–H and O–H groups in total. The zero-order valence-electron chi connectivity index (χ0n) is 22.0. The highest BCUT2D eigenvalue weighted by Gasteiger charge is 2.39. The Labute approximate surface area is 231 Å². The minimum Gasteiger partial charge on any atom is -0.392 e. The number of pyridine rings is 1. The third kappa shape index (κ3) is 6.44. The summed E-state index contributed by atoms with van der Waals surface area (Å²) in [6.45, 7) is 5.97. The molecule has 3 aromatic rings. The first-order valence-corrected chi connectivity index (χ1v) is 12.9. The van der Waals surface area contributed by atoms with Gasteiger partial charge in [0, 0.05) is 42.4 Å². The van der Waals surface area contributed by atoms with Crippen molar-refractivity contribution in [2.45, 2.75) is 39.7 Å². The number of alkyl halides is 1. The number of hydrogen-bond donors (Lipinski definition) is 3. The maximum Gasteiger partial charge on any atom is 0.149 e. The Kier molecular flexibility index (Phi) is 8.63. The second-order valence-corrected chi connectivity index (χ2v) is 10.4. The van der Waals surface area contributed by atoms with E-state index in [1.807, 2.05) is 30.9 Å². The monoisotopic (exact) mass is 553 g/mol. The maximum atomic E-state index is 14.8. The number of benzene rings is 1. The smallest absolute Gasteiger partial charge is 0.149 e. The SMILES string of the molecule is CCC(C)=Cc1cnc(Nc2cc(N3CCC(O)C(C)(CF)C3)ncn2)cc1Nc1c(F)cc(C#N)cc1Cl. The number of anilines is 5. The lowest BCUT2D eigenvalue weighted by Crippen LogP contribution is -2.51. The molecule has 0 spiro atoms. The summed E-state index contributed by atoms with van der Waals surface area (Å²) in [5.41, 5.74) is 1.66. The van der Waals surface area contributed by atoms with Crippen molar-refractivity contribution < 1.29 is 13.9 Å². The first-order chi connectivity index (χ1) is 18.6. The Morgan fingerprint density at radius 1 is 1.26 bits per heavy atom. The van der Waals surface area contributed by atoms with Gasteiger partial charge in [-0.3, -0.25) is 4.39 Å². The van der Waals surface area contributed by atoms with Crippen LogP contribution < -0.4 is 15.5 Å². The number of aliphatic hydroxyl groups excluding tert-OH is 1. The highest BCUT2D eigenvalue weighted by molar-refractivity contribution is 6.33. The third-order valence-corrected chi connectivity index (χ3v) is 7.19. The Balaban J connectivity index is 1.63. The molecular weight excluding hydrogens is 524 g/mol. The predicted molar refractivity (Wildman–Crippen MR) is 150 cm³/mol. The molecule has 0 radical (unpaired) electrons. The summed E-state index contributed by atoms with van der Waals surface area (Å²) in [6.07, 6.45) is 5.55. The molecule has 1 aliphatic heterocycles. The van der Waals surface area contributed by atoms with E-state index in [9.17, 15) is 13.9 Å². The summed E-state index contributed by atoms with van der Waals surface area (Å²) < 4.78 is 28.5. The van der Waals surface area contributed by atoms with E-state index in [0.29, 0.717) is 42.7 Å². The van der Waals surface area contributed by atoms with Gasteiger partial charge in [-0.15, -0.1) is 0 Å². The molecule has 3 heterocycles. The molecule has 204 valence electrons. The van der Waals surface area contributed by atoms with Crippen molar-refractivity contribution >= 4 is 46.5 Å². The molecule has 2 aromatic heterocycles. The van der Waals surface area contributed by atoms with E-state index in [0.717, 1.165) is 23.6 Å². The van der Waals surface area contributed by atoms with Crippen LogP contribution in [0.3, 0.4) is 0 Å². The fourth-order valence-corrected chi connectivity index (χ4v) is 4.57. The van der Waals surface area contributed by atoms with Gasteiger partial charge in [0.25, 0.3) is 0 Å². The predicted octanol–water partition coefficient (Wildman–Crippen LogP) is 6.38. The highest BCUT2D eigenvalue weighted by atomic mass is 35.5. The van der Waals surface area contributed by atoms with Gasteiger partial charge in [-0.2, -0.15) is 5.26 Å². The summed E-state index contributed by atoms with van der Waals surface area (Å²) in [5.74, 6) is 0.838.